The van der Waals surface area contributed by atoms with Crippen molar-refractivity contribution in [2.45, 2.75) is 63.6 Å². The van der Waals surface area contributed by atoms with Crippen LogP contribution in [0.3, 0.4) is 0 Å². The van der Waals surface area contributed by atoms with Crippen LogP contribution in [0, 0.1) is 13.8 Å². The number of phosphoric ester groups is 2. The maximum absolute atomic E-state index is 11.9. The molecular formula is C20H34N4O28P6. The lowest BCUT2D eigenvalue weighted by molar-refractivity contribution is -0.0450. The summed E-state index contributed by atoms with van der Waals surface area (Å²) < 4.78 is 103. The molecule has 0 radical (unpaired) electrons. The molecule has 0 saturated carbocycles. The number of aryl methyl sites for hydroxylation is 2. The van der Waals surface area contributed by atoms with Crippen LogP contribution in [0.2, 0.25) is 0 Å². The molecule has 32 nitrogen and oxygen atoms in total. The molecule has 2 aliphatic heterocycles. The molecule has 0 aromatic carbocycles. The minimum absolute atomic E-state index is 0.171. The van der Waals surface area contributed by atoms with Crippen molar-refractivity contribution in [2.75, 3.05) is 13.2 Å². The van der Waals surface area contributed by atoms with Gasteiger partial charge in [-0.25, -0.2) is 37.0 Å². The SMILES string of the molecule is Cc1cn([C@H]2C[C@H](O)[C@@H](COP(=O)(O)OP(=O)(O)OP(=O)(O)O)O2)c(=O)[nH]c1=O.Cc1cn([C@H]2C[C@H](O)[C@@H](COP(=O)(O)OP(=O)(O)OP(=O)(O)O)O2)c(=O)[nH]c1=O. The fraction of sp³-hybridized carbons (Fsp3) is 0.600. The van der Waals surface area contributed by atoms with Crippen molar-refractivity contribution >= 4 is 46.9 Å². The smallest absolute Gasteiger partial charge is 0.390 e. The fourth-order valence-corrected chi connectivity index (χ4v) is 10.7. The molecule has 4 rings (SSSR count). The van der Waals surface area contributed by atoms with Gasteiger partial charge in [0.05, 0.1) is 25.4 Å². The number of nitrogens with zero attached hydrogens (tertiary/aromatic N) is 2. The Morgan fingerprint density at radius 3 is 1.19 bits per heavy atom. The number of rotatable bonds is 16. The predicted octanol–water partition coefficient (Wildman–Crippen LogP) is -2.33. The topological polar surface area (TPSA) is 488 Å². The second-order valence-electron chi connectivity index (χ2n) is 11.6. The van der Waals surface area contributed by atoms with E-state index in [1.54, 1.807) is 0 Å². The summed E-state index contributed by atoms with van der Waals surface area (Å²) in [7, 11) is -33.2. The molecule has 0 amide bonds. The Morgan fingerprint density at radius 2 is 0.897 bits per heavy atom. The summed E-state index contributed by atoms with van der Waals surface area (Å²) in [5.41, 5.74) is -2.53. The first-order valence-corrected chi connectivity index (χ1v) is 24.1. The molecule has 0 aliphatic carbocycles. The Hall–Kier alpha value is -1.98. The minimum atomic E-state index is -5.67. The third kappa shape index (κ3) is 15.8. The number of nitrogens with one attached hydrogen (secondary N) is 2. The van der Waals surface area contributed by atoms with Gasteiger partial charge in [-0.3, -0.25) is 37.7 Å². The fourth-order valence-electron chi connectivity index (χ4n) is 4.61. The van der Waals surface area contributed by atoms with Crippen molar-refractivity contribution < 1.29 is 113 Å². The van der Waals surface area contributed by atoms with E-state index < -0.39 is 120 Å². The van der Waals surface area contributed by atoms with Gasteiger partial charge in [-0.1, -0.05) is 0 Å². The van der Waals surface area contributed by atoms with Gasteiger partial charge in [-0.15, -0.1) is 0 Å². The van der Waals surface area contributed by atoms with Crippen molar-refractivity contribution in [2.24, 2.45) is 0 Å². The summed E-state index contributed by atoms with van der Waals surface area (Å²) in [6.45, 7) is 1.09. The number of ether oxygens (including phenoxy) is 2. The average molecular weight is 964 g/mol. The van der Waals surface area contributed by atoms with Gasteiger partial charge >= 0.3 is 58.3 Å². The number of aromatic amines is 2. The summed E-state index contributed by atoms with van der Waals surface area (Å²) in [4.78, 5) is 121. The van der Waals surface area contributed by atoms with E-state index in [0.29, 0.717) is 0 Å². The molecule has 58 heavy (non-hydrogen) atoms. The predicted molar refractivity (Wildman–Crippen MR) is 181 cm³/mol. The largest absolute Gasteiger partial charge is 0.490 e. The van der Waals surface area contributed by atoms with Crippen molar-refractivity contribution in [1.82, 2.24) is 19.1 Å². The second kappa shape index (κ2) is 19.0. The molecule has 10 atom stereocenters. The van der Waals surface area contributed by atoms with Crippen LogP contribution in [0.1, 0.15) is 36.4 Å². The van der Waals surface area contributed by atoms with E-state index in [1.807, 2.05) is 9.97 Å². The Morgan fingerprint density at radius 1 is 0.586 bits per heavy atom. The number of aliphatic hydroxyl groups is 2. The zero-order valence-electron chi connectivity index (χ0n) is 28.8. The molecule has 2 aromatic rings. The molecule has 2 saturated heterocycles. The molecule has 4 unspecified atom stereocenters. The Kier molecular flexibility index (Phi) is 16.5. The van der Waals surface area contributed by atoms with Gasteiger partial charge in [0.15, 0.2) is 0 Å². The maximum atomic E-state index is 11.9. The highest BCUT2D eigenvalue weighted by Crippen LogP contribution is 2.67. The summed E-state index contributed by atoms with van der Waals surface area (Å²) in [6.07, 6.45) is -5.34. The lowest BCUT2D eigenvalue weighted by atomic mass is 10.2. The van der Waals surface area contributed by atoms with Gasteiger partial charge in [-0.05, 0) is 13.8 Å². The molecule has 0 spiro atoms. The summed E-state index contributed by atoms with van der Waals surface area (Å²) in [6, 6.07) is 0. The highest BCUT2D eigenvalue weighted by molar-refractivity contribution is 7.67. The van der Waals surface area contributed by atoms with Crippen LogP contribution in [0.4, 0.5) is 0 Å². The van der Waals surface area contributed by atoms with Gasteiger partial charge < -0.3 is 58.8 Å². The standard InChI is InChI=1S/2C10H17N2O14P3/c2*1-5-3-12(10(15)11-9(5)14)8-2-6(13)7(24-8)4-23-28(19,20)26-29(21,22)25-27(16,17)18/h2*3,6-8,13H,2,4H2,1H3,(H,19,20)(H,21,22)(H,11,14,15)(H2,16,17,18)/t2*6-,7+,8+/m00/s1. The van der Waals surface area contributed by atoms with Crippen molar-refractivity contribution in [3.8, 4) is 0 Å². The van der Waals surface area contributed by atoms with Gasteiger partial charge in [-0.2, -0.15) is 17.2 Å². The zero-order valence-corrected chi connectivity index (χ0v) is 34.2. The number of hydrogen-bond donors (Lipinski definition) is 12. The van der Waals surface area contributed by atoms with Crippen LogP contribution in [0.15, 0.2) is 31.6 Å². The molecule has 2 fully saturated rings. The van der Waals surface area contributed by atoms with Crippen LogP contribution >= 0.6 is 46.9 Å². The van der Waals surface area contributed by atoms with E-state index >= 15 is 0 Å². The number of phosphoric acid groups is 6. The minimum Gasteiger partial charge on any atom is -0.390 e. The molecule has 0 bridgehead atoms. The third-order valence-electron chi connectivity index (χ3n) is 6.96. The summed E-state index contributed by atoms with van der Waals surface area (Å²) in [5.74, 6) is 0. The van der Waals surface area contributed by atoms with Crippen LogP contribution in [0.5, 0.6) is 0 Å². The van der Waals surface area contributed by atoms with Gasteiger partial charge in [0, 0.05) is 36.4 Å². The molecule has 4 heterocycles. The highest BCUT2D eigenvalue weighted by Gasteiger charge is 2.44. The molecule has 2 aliphatic rings. The average Bonchev–Trinajstić information content (AvgIpc) is 3.56. The Balaban J connectivity index is 0.000000310. The molecule has 12 N–H and O–H groups in total. The lowest BCUT2D eigenvalue weighted by Gasteiger charge is -2.19. The molecular weight excluding hydrogens is 930 g/mol. The maximum Gasteiger partial charge on any atom is 0.490 e. The highest BCUT2D eigenvalue weighted by atomic mass is 31.3. The Bertz CT molecular complexity index is 2180. The first kappa shape index (κ1) is 50.4. The van der Waals surface area contributed by atoms with Crippen molar-refractivity contribution in [3.05, 3.63) is 65.2 Å². The van der Waals surface area contributed by atoms with Gasteiger partial charge in [0.2, 0.25) is 0 Å². The lowest BCUT2D eigenvalue weighted by Crippen LogP contribution is -2.33. The first-order valence-electron chi connectivity index (χ1n) is 15.0. The van der Waals surface area contributed by atoms with Crippen LogP contribution in [-0.4, -0.2) is 106 Å². The van der Waals surface area contributed by atoms with E-state index in [1.165, 1.54) is 26.2 Å². The van der Waals surface area contributed by atoms with Crippen LogP contribution < -0.4 is 22.5 Å². The number of hydrogen-bond acceptors (Lipinski definition) is 20. The summed E-state index contributed by atoms with van der Waals surface area (Å²) >= 11 is 0. The van der Waals surface area contributed by atoms with Crippen molar-refractivity contribution in [3.63, 3.8) is 0 Å². The monoisotopic (exact) mass is 964 g/mol. The van der Waals surface area contributed by atoms with E-state index in [-0.39, 0.29) is 24.0 Å². The quantitative estimate of drug-likeness (QED) is 0.0785. The van der Waals surface area contributed by atoms with Gasteiger partial charge in [0.25, 0.3) is 11.1 Å². The Labute approximate surface area is 320 Å². The molecule has 332 valence electrons. The molecule has 38 heteroatoms. The van der Waals surface area contributed by atoms with Crippen LogP contribution in [-0.2, 0) is 63.2 Å². The molecule has 2 aromatic heterocycles. The normalized spacial score (nSPS) is 26.8. The zero-order chi connectivity index (χ0) is 44.4. The van der Waals surface area contributed by atoms with E-state index in [0.717, 1.165) is 9.13 Å². The van der Waals surface area contributed by atoms with E-state index in [4.69, 9.17) is 38.8 Å². The third-order valence-corrected chi connectivity index (χ3v) is 14.6. The number of aliphatic hydroxyl groups excluding tert-OH is 2. The van der Waals surface area contributed by atoms with E-state index in [2.05, 4.69) is 26.3 Å². The summed E-state index contributed by atoms with van der Waals surface area (Å²) in [5, 5.41) is 20.0. The van der Waals surface area contributed by atoms with Crippen molar-refractivity contribution in [1.29, 1.82) is 0 Å². The first-order chi connectivity index (χ1) is 26.2. The number of H-pyrrole nitrogens is 2. The van der Waals surface area contributed by atoms with Gasteiger partial charge in [0.1, 0.15) is 24.7 Å². The van der Waals surface area contributed by atoms with Crippen LogP contribution in [0.25, 0.3) is 0 Å². The second-order valence-corrected chi connectivity index (χ2v) is 20.4. The number of aromatic nitrogens is 4. The van der Waals surface area contributed by atoms with E-state index in [9.17, 15) is 66.6 Å².